The number of hydrogen-bond donors (Lipinski definition) is 1. The molecule has 14 heavy (non-hydrogen) atoms. The predicted octanol–water partition coefficient (Wildman–Crippen LogP) is 0.353. The van der Waals surface area contributed by atoms with Gasteiger partial charge in [-0.15, -0.1) is 0 Å². The molecule has 5 nitrogen and oxygen atoms in total. The molecule has 0 unspecified atom stereocenters. The summed E-state index contributed by atoms with van der Waals surface area (Å²) in [4.78, 5) is 24.3. The SMILES string of the molecule is CC(C)(C)N1C(=O)COCCNC1=O. The van der Waals surface area contributed by atoms with Gasteiger partial charge in [-0.3, -0.25) is 9.69 Å². The highest BCUT2D eigenvalue weighted by Crippen LogP contribution is 2.14. The molecule has 0 aromatic carbocycles. The molecule has 1 aliphatic rings. The second-order valence-corrected chi connectivity index (χ2v) is 4.18. The normalized spacial score (nSPS) is 20.1. The van der Waals surface area contributed by atoms with Crippen molar-refractivity contribution in [1.29, 1.82) is 0 Å². The van der Waals surface area contributed by atoms with Crippen LogP contribution < -0.4 is 5.32 Å². The predicted molar refractivity (Wildman–Crippen MR) is 50.8 cm³/mol. The molecule has 0 aromatic rings. The number of ether oxygens (including phenoxy) is 1. The van der Waals surface area contributed by atoms with E-state index in [0.29, 0.717) is 13.2 Å². The lowest BCUT2D eigenvalue weighted by Gasteiger charge is -2.34. The summed E-state index contributed by atoms with van der Waals surface area (Å²) in [5.41, 5.74) is -0.512. The molecule has 1 fully saturated rings. The highest BCUT2D eigenvalue weighted by molar-refractivity contribution is 5.96. The lowest BCUT2D eigenvalue weighted by molar-refractivity contribution is -0.137. The van der Waals surface area contributed by atoms with Crippen LogP contribution in [0.25, 0.3) is 0 Å². The first-order chi connectivity index (χ1) is 6.43. The second-order valence-electron chi connectivity index (χ2n) is 4.18. The van der Waals surface area contributed by atoms with Gasteiger partial charge in [-0.1, -0.05) is 0 Å². The van der Waals surface area contributed by atoms with Gasteiger partial charge in [-0.2, -0.15) is 0 Å². The van der Waals surface area contributed by atoms with Gasteiger partial charge in [-0.05, 0) is 20.8 Å². The number of amides is 3. The molecule has 80 valence electrons. The fraction of sp³-hybridized carbons (Fsp3) is 0.778. The van der Waals surface area contributed by atoms with Crippen LogP contribution in [0.4, 0.5) is 4.79 Å². The maximum absolute atomic E-state index is 11.6. The van der Waals surface area contributed by atoms with Crippen LogP contribution in [0.15, 0.2) is 0 Å². The van der Waals surface area contributed by atoms with Crippen LogP contribution in [0.1, 0.15) is 20.8 Å². The van der Waals surface area contributed by atoms with Crippen molar-refractivity contribution in [1.82, 2.24) is 10.2 Å². The third-order valence-corrected chi connectivity index (χ3v) is 1.87. The van der Waals surface area contributed by atoms with Crippen molar-refractivity contribution in [2.45, 2.75) is 26.3 Å². The summed E-state index contributed by atoms with van der Waals surface area (Å²) in [5.74, 6) is -0.297. The van der Waals surface area contributed by atoms with E-state index in [4.69, 9.17) is 4.74 Å². The van der Waals surface area contributed by atoms with Crippen LogP contribution in [0.2, 0.25) is 0 Å². The Bertz CT molecular complexity index is 227. The van der Waals surface area contributed by atoms with Crippen molar-refractivity contribution in [2.24, 2.45) is 0 Å². The summed E-state index contributed by atoms with van der Waals surface area (Å²) in [7, 11) is 0. The van der Waals surface area contributed by atoms with Gasteiger partial charge in [0.1, 0.15) is 6.61 Å². The molecule has 0 aliphatic carbocycles. The Kier molecular flexibility index (Phi) is 3.10. The Hall–Kier alpha value is -1.10. The van der Waals surface area contributed by atoms with Crippen molar-refractivity contribution in [3.63, 3.8) is 0 Å². The van der Waals surface area contributed by atoms with Crippen LogP contribution in [-0.4, -0.2) is 42.1 Å². The molecule has 0 atom stereocenters. The smallest absolute Gasteiger partial charge is 0.324 e. The molecule has 1 rings (SSSR count). The fourth-order valence-corrected chi connectivity index (χ4v) is 1.33. The maximum Gasteiger partial charge on any atom is 0.324 e. The van der Waals surface area contributed by atoms with Gasteiger partial charge in [0.2, 0.25) is 0 Å². The van der Waals surface area contributed by atoms with Crippen LogP contribution in [-0.2, 0) is 9.53 Å². The first kappa shape index (κ1) is 11.0. The van der Waals surface area contributed by atoms with Crippen molar-refractivity contribution >= 4 is 11.9 Å². The molecular weight excluding hydrogens is 184 g/mol. The van der Waals surface area contributed by atoms with Crippen LogP contribution in [0.5, 0.6) is 0 Å². The molecule has 0 spiro atoms. The standard InChI is InChI=1S/C9H16N2O3/c1-9(2,3)11-7(12)6-14-5-4-10-8(11)13/h4-6H2,1-3H3,(H,10,13). The Morgan fingerprint density at radius 1 is 1.36 bits per heavy atom. The quantitative estimate of drug-likeness (QED) is 0.614. The van der Waals surface area contributed by atoms with E-state index in [0.717, 1.165) is 0 Å². The van der Waals surface area contributed by atoms with E-state index in [1.54, 1.807) is 0 Å². The molecule has 0 saturated carbocycles. The highest BCUT2D eigenvalue weighted by Gasteiger charge is 2.33. The average molecular weight is 200 g/mol. The van der Waals surface area contributed by atoms with E-state index in [-0.39, 0.29) is 18.5 Å². The van der Waals surface area contributed by atoms with Crippen molar-refractivity contribution < 1.29 is 14.3 Å². The molecule has 0 aromatic heterocycles. The lowest BCUT2D eigenvalue weighted by Crippen LogP contribution is -2.56. The Balaban J connectivity index is 2.83. The number of carbonyl (C=O) groups excluding carboxylic acids is 2. The van der Waals surface area contributed by atoms with Crippen molar-refractivity contribution in [3.8, 4) is 0 Å². The summed E-state index contributed by atoms with van der Waals surface area (Å²) in [6.07, 6.45) is 0. The maximum atomic E-state index is 11.6. The minimum absolute atomic E-state index is 0.0231. The zero-order valence-electron chi connectivity index (χ0n) is 8.79. The highest BCUT2D eigenvalue weighted by atomic mass is 16.5. The van der Waals surface area contributed by atoms with E-state index in [1.807, 2.05) is 20.8 Å². The van der Waals surface area contributed by atoms with E-state index < -0.39 is 5.54 Å². The molecule has 5 heteroatoms. The second kappa shape index (κ2) is 3.96. The third kappa shape index (κ3) is 2.45. The van der Waals surface area contributed by atoms with Gasteiger partial charge >= 0.3 is 6.03 Å². The van der Waals surface area contributed by atoms with E-state index in [9.17, 15) is 9.59 Å². The molecule has 3 amide bonds. The number of hydrogen-bond acceptors (Lipinski definition) is 3. The van der Waals surface area contributed by atoms with Gasteiger partial charge in [0.15, 0.2) is 0 Å². The minimum Gasteiger partial charge on any atom is -0.370 e. The Labute approximate surface area is 83.4 Å². The van der Waals surface area contributed by atoms with Crippen molar-refractivity contribution in [2.75, 3.05) is 19.8 Å². The van der Waals surface area contributed by atoms with Crippen LogP contribution in [0.3, 0.4) is 0 Å². The van der Waals surface area contributed by atoms with Gasteiger partial charge in [0, 0.05) is 12.1 Å². The van der Waals surface area contributed by atoms with Gasteiger partial charge in [0.25, 0.3) is 5.91 Å². The molecule has 1 saturated heterocycles. The summed E-state index contributed by atoms with van der Waals surface area (Å²) in [6.45, 7) is 6.24. The minimum atomic E-state index is -0.512. The zero-order valence-corrected chi connectivity index (χ0v) is 8.79. The first-order valence-electron chi connectivity index (χ1n) is 4.61. The molecule has 0 bridgehead atoms. The average Bonchev–Trinajstić information content (AvgIpc) is 1.97. The van der Waals surface area contributed by atoms with Crippen LogP contribution in [0, 0.1) is 0 Å². The largest absolute Gasteiger partial charge is 0.370 e. The molecule has 1 aliphatic heterocycles. The number of imide groups is 1. The Morgan fingerprint density at radius 3 is 2.57 bits per heavy atom. The topological polar surface area (TPSA) is 58.6 Å². The monoisotopic (exact) mass is 200 g/mol. The molecular formula is C9H16N2O3. The molecule has 1 heterocycles. The number of urea groups is 1. The summed E-state index contributed by atoms with van der Waals surface area (Å²) in [5, 5.41) is 2.61. The number of nitrogens with zero attached hydrogens (tertiary/aromatic N) is 1. The number of carbonyl (C=O) groups is 2. The van der Waals surface area contributed by atoms with Crippen molar-refractivity contribution in [3.05, 3.63) is 0 Å². The summed E-state index contributed by atoms with van der Waals surface area (Å²) < 4.78 is 5.05. The van der Waals surface area contributed by atoms with Crippen LogP contribution >= 0.6 is 0 Å². The Morgan fingerprint density at radius 2 is 2.00 bits per heavy atom. The molecule has 0 radical (unpaired) electrons. The van der Waals surface area contributed by atoms with E-state index in [1.165, 1.54) is 4.90 Å². The number of nitrogens with one attached hydrogen (secondary N) is 1. The van der Waals surface area contributed by atoms with Gasteiger partial charge < -0.3 is 10.1 Å². The van der Waals surface area contributed by atoms with Gasteiger partial charge in [0.05, 0.1) is 6.61 Å². The first-order valence-corrected chi connectivity index (χ1v) is 4.61. The summed E-state index contributed by atoms with van der Waals surface area (Å²) >= 11 is 0. The molecule has 1 N–H and O–H groups in total. The summed E-state index contributed by atoms with van der Waals surface area (Å²) in [6, 6.07) is -0.342. The fourth-order valence-electron chi connectivity index (χ4n) is 1.33. The van der Waals surface area contributed by atoms with E-state index in [2.05, 4.69) is 5.32 Å². The van der Waals surface area contributed by atoms with Gasteiger partial charge in [-0.25, -0.2) is 4.79 Å². The zero-order chi connectivity index (χ0) is 10.8. The number of rotatable bonds is 0. The third-order valence-electron chi connectivity index (χ3n) is 1.87. The van der Waals surface area contributed by atoms with E-state index >= 15 is 0 Å². The lowest BCUT2D eigenvalue weighted by atomic mass is 10.1.